The van der Waals surface area contributed by atoms with Crippen LogP contribution in [-0.2, 0) is 14.8 Å². The SMILES string of the molecule is C[C@@H](c1cccnc1)N(C)S(=O)(=O)CCC1CCCCO1. The lowest BCUT2D eigenvalue weighted by Gasteiger charge is -2.26. The minimum absolute atomic E-state index is 0.0932. The average molecular weight is 312 g/mol. The number of pyridine rings is 1. The van der Waals surface area contributed by atoms with E-state index in [1.807, 2.05) is 19.1 Å². The summed E-state index contributed by atoms with van der Waals surface area (Å²) >= 11 is 0. The molecule has 5 nitrogen and oxygen atoms in total. The molecule has 0 N–H and O–H groups in total. The van der Waals surface area contributed by atoms with Crippen LogP contribution in [-0.4, -0.2) is 43.2 Å². The zero-order chi connectivity index (χ0) is 15.3. The maximum atomic E-state index is 12.4. The predicted molar refractivity (Wildman–Crippen MR) is 82.4 cm³/mol. The molecule has 1 aliphatic heterocycles. The highest BCUT2D eigenvalue weighted by Crippen LogP contribution is 2.22. The van der Waals surface area contributed by atoms with Crippen LogP contribution in [0.2, 0.25) is 0 Å². The second-order valence-corrected chi connectivity index (χ2v) is 7.72. The van der Waals surface area contributed by atoms with E-state index < -0.39 is 10.0 Å². The Balaban J connectivity index is 1.94. The van der Waals surface area contributed by atoms with E-state index in [4.69, 9.17) is 4.74 Å². The topological polar surface area (TPSA) is 59.5 Å². The van der Waals surface area contributed by atoms with E-state index >= 15 is 0 Å². The molecule has 1 fully saturated rings. The smallest absolute Gasteiger partial charge is 0.214 e. The Morgan fingerprint density at radius 1 is 1.48 bits per heavy atom. The number of hydrogen-bond donors (Lipinski definition) is 0. The summed E-state index contributed by atoms with van der Waals surface area (Å²) in [6, 6.07) is 3.51. The summed E-state index contributed by atoms with van der Waals surface area (Å²) in [7, 11) is -1.65. The van der Waals surface area contributed by atoms with Crippen molar-refractivity contribution in [2.45, 2.75) is 44.8 Å². The average Bonchev–Trinajstić information content (AvgIpc) is 2.53. The maximum Gasteiger partial charge on any atom is 0.214 e. The van der Waals surface area contributed by atoms with E-state index in [-0.39, 0.29) is 17.9 Å². The van der Waals surface area contributed by atoms with Gasteiger partial charge in [0, 0.05) is 32.1 Å². The summed E-state index contributed by atoms with van der Waals surface area (Å²) in [6.07, 6.45) is 7.25. The van der Waals surface area contributed by atoms with Crippen molar-refractivity contribution in [3.8, 4) is 0 Å². The van der Waals surface area contributed by atoms with Crippen LogP contribution in [0.15, 0.2) is 24.5 Å². The van der Waals surface area contributed by atoms with Gasteiger partial charge in [-0.25, -0.2) is 8.42 Å². The van der Waals surface area contributed by atoms with Crippen molar-refractivity contribution in [1.82, 2.24) is 9.29 Å². The molecule has 0 bridgehead atoms. The fraction of sp³-hybridized carbons (Fsp3) is 0.667. The Labute approximate surface area is 127 Å². The van der Waals surface area contributed by atoms with E-state index in [9.17, 15) is 8.42 Å². The highest BCUT2D eigenvalue weighted by molar-refractivity contribution is 7.89. The van der Waals surface area contributed by atoms with Gasteiger partial charge in [-0.2, -0.15) is 4.31 Å². The zero-order valence-corrected chi connectivity index (χ0v) is 13.6. The van der Waals surface area contributed by atoms with Crippen molar-refractivity contribution in [3.05, 3.63) is 30.1 Å². The third kappa shape index (κ3) is 4.49. The van der Waals surface area contributed by atoms with Gasteiger partial charge in [0.05, 0.1) is 11.9 Å². The molecule has 0 aliphatic carbocycles. The van der Waals surface area contributed by atoms with Crippen molar-refractivity contribution < 1.29 is 13.2 Å². The molecule has 2 rings (SSSR count). The zero-order valence-electron chi connectivity index (χ0n) is 12.7. The third-order valence-corrected chi connectivity index (χ3v) is 6.07. The van der Waals surface area contributed by atoms with Crippen LogP contribution >= 0.6 is 0 Å². The third-order valence-electron chi connectivity index (χ3n) is 4.12. The normalized spacial score (nSPS) is 21.4. The van der Waals surface area contributed by atoms with Gasteiger partial charge in [-0.3, -0.25) is 4.98 Å². The fourth-order valence-corrected chi connectivity index (χ4v) is 3.99. The number of aromatic nitrogens is 1. The molecule has 2 heterocycles. The predicted octanol–water partition coefficient (Wildman–Crippen LogP) is 2.36. The van der Waals surface area contributed by atoms with Gasteiger partial charge in [-0.15, -0.1) is 0 Å². The van der Waals surface area contributed by atoms with Gasteiger partial charge in [0.15, 0.2) is 0 Å². The molecule has 0 aromatic carbocycles. The van der Waals surface area contributed by atoms with Crippen LogP contribution in [0.5, 0.6) is 0 Å². The van der Waals surface area contributed by atoms with Crippen LogP contribution in [0.4, 0.5) is 0 Å². The van der Waals surface area contributed by atoms with Crippen LogP contribution in [0, 0.1) is 0 Å². The maximum absolute atomic E-state index is 12.4. The molecular weight excluding hydrogens is 288 g/mol. The molecule has 1 saturated heterocycles. The quantitative estimate of drug-likeness (QED) is 0.809. The minimum Gasteiger partial charge on any atom is -0.378 e. The van der Waals surface area contributed by atoms with Gasteiger partial charge in [0.2, 0.25) is 10.0 Å². The molecule has 0 spiro atoms. The van der Waals surface area contributed by atoms with Crippen LogP contribution in [0.3, 0.4) is 0 Å². The van der Waals surface area contributed by atoms with Crippen molar-refractivity contribution in [2.75, 3.05) is 19.4 Å². The molecule has 0 radical (unpaired) electrons. The van der Waals surface area contributed by atoms with Crippen molar-refractivity contribution in [3.63, 3.8) is 0 Å². The summed E-state index contributed by atoms with van der Waals surface area (Å²) in [4.78, 5) is 4.05. The van der Waals surface area contributed by atoms with E-state index in [1.165, 1.54) is 4.31 Å². The molecule has 118 valence electrons. The Hall–Kier alpha value is -0.980. The number of hydrogen-bond acceptors (Lipinski definition) is 4. The van der Waals surface area contributed by atoms with E-state index in [2.05, 4.69) is 4.98 Å². The molecule has 1 aromatic heterocycles. The first-order chi connectivity index (χ1) is 10.0. The molecule has 21 heavy (non-hydrogen) atoms. The Morgan fingerprint density at radius 2 is 2.29 bits per heavy atom. The number of nitrogens with zero attached hydrogens (tertiary/aromatic N) is 2. The van der Waals surface area contributed by atoms with Crippen LogP contribution in [0.1, 0.15) is 44.2 Å². The standard InChI is InChI=1S/C15H24N2O3S/c1-13(14-6-5-9-16-12-14)17(2)21(18,19)11-8-15-7-3-4-10-20-15/h5-6,9,12-13,15H,3-4,7-8,10-11H2,1-2H3/t13-,15?/m0/s1. The Bertz CT molecular complexity index is 527. The highest BCUT2D eigenvalue weighted by Gasteiger charge is 2.26. The molecule has 1 aliphatic rings. The number of rotatable bonds is 6. The first-order valence-corrected chi connectivity index (χ1v) is 9.09. The van der Waals surface area contributed by atoms with Gasteiger partial charge in [0.1, 0.15) is 0 Å². The van der Waals surface area contributed by atoms with E-state index in [0.29, 0.717) is 6.42 Å². The van der Waals surface area contributed by atoms with Crippen molar-refractivity contribution >= 4 is 10.0 Å². The summed E-state index contributed by atoms with van der Waals surface area (Å²) in [5.74, 6) is 0.138. The molecule has 1 unspecified atom stereocenters. The second kappa shape index (κ2) is 7.33. The van der Waals surface area contributed by atoms with Crippen molar-refractivity contribution in [1.29, 1.82) is 0 Å². The first kappa shape index (κ1) is 16.4. The molecule has 1 aromatic rings. The van der Waals surface area contributed by atoms with E-state index in [1.54, 1.807) is 19.4 Å². The van der Waals surface area contributed by atoms with Gasteiger partial charge in [-0.05, 0) is 44.2 Å². The van der Waals surface area contributed by atoms with Gasteiger partial charge < -0.3 is 4.74 Å². The molecule has 0 saturated carbocycles. The summed E-state index contributed by atoms with van der Waals surface area (Å²) in [6.45, 7) is 2.64. The van der Waals surface area contributed by atoms with E-state index in [0.717, 1.165) is 31.4 Å². The van der Waals surface area contributed by atoms with Gasteiger partial charge >= 0.3 is 0 Å². The van der Waals surface area contributed by atoms with Crippen LogP contribution < -0.4 is 0 Å². The second-order valence-electron chi connectivity index (χ2n) is 5.57. The van der Waals surface area contributed by atoms with Crippen LogP contribution in [0.25, 0.3) is 0 Å². The number of sulfonamides is 1. The Kier molecular flexibility index (Phi) is 5.72. The fourth-order valence-electron chi connectivity index (χ4n) is 2.53. The lowest BCUT2D eigenvalue weighted by Crippen LogP contribution is -2.33. The lowest BCUT2D eigenvalue weighted by molar-refractivity contribution is 0.0146. The molecule has 6 heteroatoms. The summed E-state index contributed by atoms with van der Waals surface area (Å²) in [5, 5.41) is 0. The first-order valence-electron chi connectivity index (χ1n) is 7.48. The Morgan fingerprint density at radius 3 is 2.90 bits per heavy atom. The summed E-state index contributed by atoms with van der Waals surface area (Å²) < 4.78 is 31.9. The number of ether oxygens (including phenoxy) is 1. The lowest BCUT2D eigenvalue weighted by atomic mass is 10.1. The summed E-state index contributed by atoms with van der Waals surface area (Å²) in [5.41, 5.74) is 0.900. The highest BCUT2D eigenvalue weighted by atomic mass is 32.2. The molecule has 2 atom stereocenters. The largest absolute Gasteiger partial charge is 0.378 e. The monoisotopic (exact) mass is 312 g/mol. The van der Waals surface area contributed by atoms with Gasteiger partial charge in [0.25, 0.3) is 0 Å². The minimum atomic E-state index is -3.28. The molecular formula is C15H24N2O3S. The molecule has 0 amide bonds. The van der Waals surface area contributed by atoms with Gasteiger partial charge in [-0.1, -0.05) is 6.07 Å². The van der Waals surface area contributed by atoms with Crippen molar-refractivity contribution in [2.24, 2.45) is 0 Å².